The van der Waals surface area contributed by atoms with E-state index in [1.165, 1.54) is 0 Å². The molecule has 2 saturated heterocycles. The molecule has 2 aliphatic heterocycles. The van der Waals surface area contributed by atoms with Gasteiger partial charge >= 0.3 is 0 Å². The predicted molar refractivity (Wildman–Crippen MR) is 88.5 cm³/mol. The second kappa shape index (κ2) is 8.31. The van der Waals surface area contributed by atoms with E-state index in [9.17, 15) is 4.79 Å². The van der Waals surface area contributed by atoms with Gasteiger partial charge in [0.25, 0.3) is 0 Å². The van der Waals surface area contributed by atoms with Gasteiger partial charge in [0.05, 0.1) is 6.10 Å². The molecule has 5 heteroatoms. The molecule has 5 nitrogen and oxygen atoms in total. The number of rotatable bonds is 5. The van der Waals surface area contributed by atoms with Gasteiger partial charge in [-0.3, -0.25) is 4.79 Å². The summed E-state index contributed by atoms with van der Waals surface area (Å²) in [6.45, 7) is 3.70. The standard InChI is InChI=1S/C18H26N2O3/c21-18(14-22-15-6-10-19-11-7-15)20-12-8-17(9-13-20)23-16-4-2-1-3-5-16/h1-5,15,17,19H,6-14H2. The number of hydrogen-bond donors (Lipinski definition) is 1. The molecule has 1 aromatic carbocycles. The van der Waals surface area contributed by atoms with Crippen LogP contribution in [0.3, 0.4) is 0 Å². The Kier molecular flexibility index (Phi) is 5.88. The quantitative estimate of drug-likeness (QED) is 0.900. The first kappa shape index (κ1) is 16.3. The van der Waals surface area contributed by atoms with Crippen molar-refractivity contribution in [1.82, 2.24) is 10.2 Å². The molecule has 2 heterocycles. The normalized spacial score (nSPS) is 20.4. The summed E-state index contributed by atoms with van der Waals surface area (Å²) in [7, 11) is 0. The van der Waals surface area contributed by atoms with E-state index in [2.05, 4.69) is 5.32 Å². The van der Waals surface area contributed by atoms with Crippen LogP contribution in [0, 0.1) is 0 Å². The number of nitrogens with zero attached hydrogens (tertiary/aromatic N) is 1. The molecule has 0 bridgehead atoms. The number of benzene rings is 1. The summed E-state index contributed by atoms with van der Waals surface area (Å²) in [6, 6.07) is 9.89. The van der Waals surface area contributed by atoms with Crippen LogP contribution in [-0.4, -0.2) is 55.8 Å². The van der Waals surface area contributed by atoms with Gasteiger partial charge in [-0.15, -0.1) is 0 Å². The molecule has 0 radical (unpaired) electrons. The van der Waals surface area contributed by atoms with Crippen LogP contribution in [0.5, 0.6) is 5.75 Å². The van der Waals surface area contributed by atoms with Crippen molar-refractivity contribution in [3.63, 3.8) is 0 Å². The highest BCUT2D eigenvalue weighted by molar-refractivity contribution is 5.77. The van der Waals surface area contributed by atoms with Gasteiger partial charge in [-0.1, -0.05) is 18.2 Å². The van der Waals surface area contributed by atoms with Crippen LogP contribution in [0.2, 0.25) is 0 Å². The molecule has 0 aliphatic carbocycles. The third kappa shape index (κ3) is 4.94. The third-order valence-electron chi connectivity index (χ3n) is 4.57. The fourth-order valence-electron chi connectivity index (χ4n) is 3.16. The van der Waals surface area contributed by atoms with E-state index in [4.69, 9.17) is 9.47 Å². The van der Waals surface area contributed by atoms with Crippen molar-refractivity contribution < 1.29 is 14.3 Å². The molecule has 1 amide bonds. The molecule has 1 N–H and O–H groups in total. The van der Waals surface area contributed by atoms with Crippen LogP contribution in [0.1, 0.15) is 25.7 Å². The van der Waals surface area contributed by atoms with E-state index in [0.29, 0.717) is 0 Å². The van der Waals surface area contributed by atoms with E-state index >= 15 is 0 Å². The maximum atomic E-state index is 12.3. The Labute approximate surface area is 137 Å². The molecule has 2 fully saturated rings. The highest BCUT2D eigenvalue weighted by Crippen LogP contribution is 2.19. The lowest BCUT2D eigenvalue weighted by Crippen LogP contribution is -2.44. The number of piperidine rings is 2. The minimum Gasteiger partial charge on any atom is -0.490 e. The Bertz CT molecular complexity index is 480. The van der Waals surface area contributed by atoms with Crippen molar-refractivity contribution in [2.45, 2.75) is 37.9 Å². The number of para-hydroxylation sites is 1. The number of ether oxygens (including phenoxy) is 2. The number of carbonyl (C=O) groups excluding carboxylic acids is 1. The summed E-state index contributed by atoms with van der Waals surface area (Å²) < 4.78 is 11.7. The fraction of sp³-hybridized carbons (Fsp3) is 0.611. The van der Waals surface area contributed by atoms with E-state index < -0.39 is 0 Å². The molecule has 23 heavy (non-hydrogen) atoms. The molecule has 2 aliphatic rings. The van der Waals surface area contributed by atoms with Crippen LogP contribution in [0.15, 0.2) is 30.3 Å². The Morgan fingerprint density at radius 1 is 1.04 bits per heavy atom. The lowest BCUT2D eigenvalue weighted by atomic mass is 10.1. The Balaban J connectivity index is 1.37. The largest absolute Gasteiger partial charge is 0.490 e. The van der Waals surface area contributed by atoms with Gasteiger partial charge in [-0.25, -0.2) is 0 Å². The van der Waals surface area contributed by atoms with Crippen molar-refractivity contribution in [3.8, 4) is 5.75 Å². The average Bonchev–Trinajstić information content (AvgIpc) is 2.62. The van der Waals surface area contributed by atoms with Gasteiger partial charge in [0.15, 0.2) is 0 Å². The number of carbonyl (C=O) groups is 1. The number of nitrogens with one attached hydrogen (secondary N) is 1. The fourth-order valence-corrected chi connectivity index (χ4v) is 3.16. The molecule has 1 aromatic rings. The van der Waals surface area contributed by atoms with Crippen molar-refractivity contribution in [2.24, 2.45) is 0 Å². The SMILES string of the molecule is O=C(COC1CCNCC1)N1CCC(Oc2ccccc2)CC1. The summed E-state index contributed by atoms with van der Waals surface area (Å²) in [5.74, 6) is 1.02. The molecule has 0 atom stereocenters. The van der Waals surface area contributed by atoms with Crippen molar-refractivity contribution in [1.29, 1.82) is 0 Å². The molecule has 0 aromatic heterocycles. The third-order valence-corrected chi connectivity index (χ3v) is 4.57. The van der Waals surface area contributed by atoms with Crippen LogP contribution < -0.4 is 10.1 Å². The lowest BCUT2D eigenvalue weighted by Gasteiger charge is -2.32. The highest BCUT2D eigenvalue weighted by Gasteiger charge is 2.24. The number of likely N-dealkylation sites (tertiary alicyclic amines) is 1. The molecule has 126 valence electrons. The lowest BCUT2D eigenvalue weighted by molar-refractivity contribution is -0.140. The second-order valence-electron chi connectivity index (χ2n) is 6.27. The zero-order chi connectivity index (χ0) is 15.9. The van der Waals surface area contributed by atoms with Gasteiger partial charge in [0.1, 0.15) is 18.5 Å². The van der Waals surface area contributed by atoms with Crippen LogP contribution >= 0.6 is 0 Å². The van der Waals surface area contributed by atoms with Crippen molar-refractivity contribution in [3.05, 3.63) is 30.3 Å². The maximum Gasteiger partial charge on any atom is 0.248 e. The van der Waals surface area contributed by atoms with Crippen LogP contribution in [0.4, 0.5) is 0 Å². The number of hydrogen-bond acceptors (Lipinski definition) is 4. The van der Waals surface area contributed by atoms with Crippen molar-refractivity contribution in [2.75, 3.05) is 32.8 Å². The summed E-state index contributed by atoms with van der Waals surface area (Å²) in [4.78, 5) is 14.2. The molecule has 0 spiro atoms. The smallest absolute Gasteiger partial charge is 0.248 e. The maximum absolute atomic E-state index is 12.3. The van der Waals surface area contributed by atoms with Gasteiger partial charge < -0.3 is 19.7 Å². The zero-order valence-electron chi connectivity index (χ0n) is 13.6. The first-order valence-electron chi connectivity index (χ1n) is 8.63. The van der Waals surface area contributed by atoms with Gasteiger partial charge in [-0.2, -0.15) is 0 Å². The highest BCUT2D eigenvalue weighted by atomic mass is 16.5. The van der Waals surface area contributed by atoms with Crippen LogP contribution in [0.25, 0.3) is 0 Å². The van der Waals surface area contributed by atoms with E-state index in [1.54, 1.807) is 0 Å². The summed E-state index contributed by atoms with van der Waals surface area (Å²) in [6.07, 6.45) is 4.20. The zero-order valence-corrected chi connectivity index (χ0v) is 13.6. The minimum absolute atomic E-state index is 0.113. The molecule has 0 saturated carbocycles. The van der Waals surface area contributed by atoms with E-state index in [1.807, 2.05) is 35.2 Å². The van der Waals surface area contributed by atoms with E-state index in [0.717, 1.165) is 57.6 Å². The van der Waals surface area contributed by atoms with Crippen molar-refractivity contribution >= 4 is 5.91 Å². The number of amides is 1. The minimum atomic E-state index is 0.113. The Morgan fingerprint density at radius 3 is 2.43 bits per heavy atom. The predicted octanol–water partition coefficient (Wildman–Crippen LogP) is 1.82. The summed E-state index contributed by atoms with van der Waals surface area (Å²) in [5, 5.41) is 3.30. The molecular weight excluding hydrogens is 292 g/mol. The average molecular weight is 318 g/mol. The first-order valence-corrected chi connectivity index (χ1v) is 8.63. The molecule has 3 rings (SSSR count). The van der Waals surface area contributed by atoms with Crippen LogP contribution in [-0.2, 0) is 9.53 Å². The van der Waals surface area contributed by atoms with E-state index in [-0.39, 0.29) is 24.7 Å². The summed E-state index contributed by atoms with van der Waals surface area (Å²) in [5.41, 5.74) is 0. The second-order valence-corrected chi connectivity index (χ2v) is 6.27. The van der Waals surface area contributed by atoms with Gasteiger partial charge in [-0.05, 0) is 38.1 Å². The van der Waals surface area contributed by atoms with Gasteiger partial charge in [0, 0.05) is 25.9 Å². The Hall–Kier alpha value is -1.59. The first-order chi connectivity index (χ1) is 11.3. The summed E-state index contributed by atoms with van der Waals surface area (Å²) >= 11 is 0. The molecular formula is C18H26N2O3. The Morgan fingerprint density at radius 2 is 1.74 bits per heavy atom. The topological polar surface area (TPSA) is 50.8 Å². The van der Waals surface area contributed by atoms with Gasteiger partial charge in [0.2, 0.25) is 5.91 Å². The monoisotopic (exact) mass is 318 g/mol. The molecule has 0 unspecified atom stereocenters.